The van der Waals surface area contributed by atoms with Crippen LogP contribution < -0.4 is 20.1 Å². The minimum Gasteiger partial charge on any atom is -0.491 e. The number of rotatable bonds is 8. The molecule has 1 unspecified atom stereocenters. The second-order valence-corrected chi connectivity index (χ2v) is 6.71. The van der Waals surface area contributed by atoms with Gasteiger partial charge in [-0.1, -0.05) is 6.07 Å². The SMILES string of the molecule is O=C(NCC(O)COc1cccc(C(F)(F)F)c1)Nc1ccc(OC(F)F)c2ncccc12. The summed E-state index contributed by atoms with van der Waals surface area (Å²) in [5.41, 5.74) is -0.518. The Kier molecular flexibility index (Phi) is 7.48. The third-order valence-electron chi connectivity index (χ3n) is 4.30. The van der Waals surface area contributed by atoms with Crippen LogP contribution in [0.1, 0.15) is 5.56 Å². The number of hydrogen-bond donors (Lipinski definition) is 3. The number of alkyl halides is 5. The standard InChI is InChI=1S/C21H18F5N3O4/c22-19(23)33-17-7-6-16(15-5-2-8-27-18(15)17)29-20(31)28-10-13(30)11-32-14-4-1-3-12(9-14)21(24,25)26/h1-9,13,19,30H,10-11H2,(H2,28,29,31). The van der Waals surface area contributed by atoms with Crippen molar-refractivity contribution in [1.82, 2.24) is 10.3 Å². The lowest BCUT2D eigenvalue weighted by atomic mass is 10.1. The van der Waals surface area contributed by atoms with Crippen molar-refractivity contribution in [2.24, 2.45) is 0 Å². The van der Waals surface area contributed by atoms with Crippen LogP contribution in [0.3, 0.4) is 0 Å². The lowest BCUT2D eigenvalue weighted by Crippen LogP contribution is -2.37. The number of aromatic nitrogens is 1. The molecule has 1 heterocycles. The van der Waals surface area contributed by atoms with Gasteiger partial charge in [0.05, 0.1) is 11.3 Å². The number of amides is 2. The van der Waals surface area contributed by atoms with E-state index in [-0.39, 0.29) is 35.9 Å². The van der Waals surface area contributed by atoms with Crippen molar-refractivity contribution in [3.63, 3.8) is 0 Å². The lowest BCUT2D eigenvalue weighted by Gasteiger charge is -2.16. The Bertz CT molecular complexity index is 1110. The zero-order valence-corrected chi connectivity index (χ0v) is 16.8. The summed E-state index contributed by atoms with van der Waals surface area (Å²) in [5, 5.41) is 15.2. The molecule has 0 spiro atoms. The van der Waals surface area contributed by atoms with Gasteiger partial charge in [0.1, 0.15) is 24.0 Å². The molecule has 3 rings (SSSR count). The van der Waals surface area contributed by atoms with Crippen LogP contribution in [0, 0.1) is 0 Å². The van der Waals surface area contributed by atoms with E-state index in [9.17, 15) is 31.9 Å². The number of anilines is 1. The van der Waals surface area contributed by atoms with Gasteiger partial charge in [-0.3, -0.25) is 4.98 Å². The quantitative estimate of drug-likeness (QED) is 0.423. The largest absolute Gasteiger partial charge is 0.491 e. The van der Waals surface area contributed by atoms with Gasteiger partial charge in [0.25, 0.3) is 0 Å². The number of carbonyl (C=O) groups excluding carboxylic acids is 1. The van der Waals surface area contributed by atoms with E-state index in [1.54, 1.807) is 12.1 Å². The highest BCUT2D eigenvalue weighted by Gasteiger charge is 2.30. The number of halogens is 5. The number of aliphatic hydroxyl groups excluding tert-OH is 1. The molecule has 0 saturated carbocycles. The first kappa shape index (κ1) is 24.0. The Morgan fingerprint density at radius 3 is 2.64 bits per heavy atom. The molecule has 3 N–H and O–H groups in total. The van der Waals surface area contributed by atoms with E-state index in [2.05, 4.69) is 20.4 Å². The number of hydrogen-bond acceptors (Lipinski definition) is 5. The Morgan fingerprint density at radius 2 is 1.91 bits per heavy atom. The minimum atomic E-state index is -4.53. The summed E-state index contributed by atoms with van der Waals surface area (Å²) in [6.07, 6.45) is -4.36. The Morgan fingerprint density at radius 1 is 1.12 bits per heavy atom. The van der Waals surface area contributed by atoms with Gasteiger partial charge in [0.15, 0.2) is 5.75 Å². The minimum absolute atomic E-state index is 0.0848. The normalized spacial score (nSPS) is 12.5. The number of nitrogens with one attached hydrogen (secondary N) is 2. The van der Waals surface area contributed by atoms with Crippen LogP contribution >= 0.6 is 0 Å². The summed E-state index contributed by atoms with van der Waals surface area (Å²) in [6.45, 7) is -3.68. The van der Waals surface area contributed by atoms with Gasteiger partial charge in [-0.2, -0.15) is 22.0 Å². The number of ether oxygens (including phenoxy) is 2. The average molecular weight is 471 g/mol. The van der Waals surface area contributed by atoms with Crippen molar-refractivity contribution in [3.8, 4) is 11.5 Å². The summed E-state index contributed by atoms with van der Waals surface area (Å²) in [6, 6.07) is 9.13. The molecule has 0 saturated heterocycles. The molecule has 33 heavy (non-hydrogen) atoms. The number of nitrogens with zero attached hydrogens (tertiary/aromatic N) is 1. The summed E-state index contributed by atoms with van der Waals surface area (Å²) >= 11 is 0. The predicted molar refractivity (Wildman–Crippen MR) is 108 cm³/mol. The van der Waals surface area contributed by atoms with Crippen molar-refractivity contribution >= 4 is 22.6 Å². The molecule has 0 bridgehead atoms. The molecule has 1 atom stereocenters. The van der Waals surface area contributed by atoms with E-state index in [0.717, 1.165) is 12.1 Å². The topological polar surface area (TPSA) is 92.7 Å². The van der Waals surface area contributed by atoms with E-state index in [0.29, 0.717) is 5.39 Å². The zero-order valence-electron chi connectivity index (χ0n) is 16.8. The van der Waals surface area contributed by atoms with Crippen LogP contribution in [0.5, 0.6) is 11.5 Å². The molecule has 0 aliphatic carbocycles. The molecule has 1 aromatic heterocycles. The van der Waals surface area contributed by atoms with Crippen LogP contribution in [-0.4, -0.2) is 42.0 Å². The molecule has 0 radical (unpaired) electrons. The van der Waals surface area contributed by atoms with Crippen molar-refractivity contribution in [2.45, 2.75) is 18.9 Å². The highest BCUT2D eigenvalue weighted by molar-refractivity contribution is 6.02. The second-order valence-electron chi connectivity index (χ2n) is 6.71. The molecule has 3 aromatic rings. The second kappa shape index (κ2) is 10.3. The number of aliphatic hydroxyl groups is 1. The predicted octanol–water partition coefficient (Wildman–Crippen LogP) is 4.42. The van der Waals surface area contributed by atoms with Crippen LogP contribution in [0.25, 0.3) is 10.9 Å². The Balaban J connectivity index is 1.55. The first-order chi connectivity index (χ1) is 15.6. The van der Waals surface area contributed by atoms with Crippen LogP contribution in [-0.2, 0) is 6.18 Å². The lowest BCUT2D eigenvalue weighted by molar-refractivity contribution is -0.137. The number of fused-ring (bicyclic) bond motifs is 1. The number of carbonyl (C=O) groups is 1. The molecule has 12 heteroatoms. The maximum atomic E-state index is 12.7. The average Bonchev–Trinajstić information content (AvgIpc) is 2.77. The van der Waals surface area contributed by atoms with Gasteiger partial charge in [-0.25, -0.2) is 4.79 Å². The first-order valence-electron chi connectivity index (χ1n) is 9.49. The third kappa shape index (κ3) is 6.65. The third-order valence-corrected chi connectivity index (χ3v) is 4.30. The zero-order chi connectivity index (χ0) is 24.0. The van der Waals surface area contributed by atoms with Crippen molar-refractivity contribution in [3.05, 3.63) is 60.3 Å². The van der Waals surface area contributed by atoms with E-state index in [1.807, 2.05) is 0 Å². The van der Waals surface area contributed by atoms with Gasteiger partial charge in [-0.05, 0) is 42.5 Å². The number of benzene rings is 2. The molecular weight excluding hydrogens is 453 g/mol. The highest BCUT2D eigenvalue weighted by atomic mass is 19.4. The van der Waals surface area contributed by atoms with E-state index in [4.69, 9.17) is 4.74 Å². The van der Waals surface area contributed by atoms with Crippen molar-refractivity contribution < 1.29 is 41.3 Å². The summed E-state index contributed by atoms with van der Waals surface area (Å²) in [5.74, 6) is -0.243. The van der Waals surface area contributed by atoms with Crippen LogP contribution in [0.4, 0.5) is 32.4 Å². The molecule has 0 fully saturated rings. The molecule has 0 aliphatic rings. The molecule has 7 nitrogen and oxygen atoms in total. The van der Waals surface area contributed by atoms with E-state index in [1.165, 1.54) is 30.5 Å². The monoisotopic (exact) mass is 471 g/mol. The Hall–Kier alpha value is -3.67. The molecular formula is C21H18F5N3O4. The molecule has 2 amide bonds. The summed E-state index contributed by atoms with van der Waals surface area (Å²) in [7, 11) is 0. The molecule has 2 aromatic carbocycles. The fraction of sp³-hybridized carbons (Fsp3) is 0.238. The van der Waals surface area contributed by atoms with Crippen molar-refractivity contribution in [1.29, 1.82) is 0 Å². The summed E-state index contributed by atoms with van der Waals surface area (Å²) in [4.78, 5) is 16.2. The number of urea groups is 1. The van der Waals surface area contributed by atoms with Gasteiger partial charge in [0.2, 0.25) is 0 Å². The maximum absolute atomic E-state index is 12.7. The number of pyridine rings is 1. The van der Waals surface area contributed by atoms with Gasteiger partial charge in [0, 0.05) is 18.1 Å². The molecule has 176 valence electrons. The van der Waals surface area contributed by atoms with Gasteiger partial charge >= 0.3 is 18.8 Å². The maximum Gasteiger partial charge on any atom is 0.416 e. The smallest absolute Gasteiger partial charge is 0.416 e. The van der Waals surface area contributed by atoms with Gasteiger partial charge in [-0.15, -0.1) is 0 Å². The summed E-state index contributed by atoms with van der Waals surface area (Å²) < 4.78 is 72.9. The van der Waals surface area contributed by atoms with Gasteiger partial charge < -0.3 is 25.2 Å². The fourth-order valence-corrected chi connectivity index (χ4v) is 2.84. The fourth-order valence-electron chi connectivity index (χ4n) is 2.84. The Labute approximate surface area is 184 Å². The van der Waals surface area contributed by atoms with E-state index >= 15 is 0 Å². The first-order valence-corrected chi connectivity index (χ1v) is 9.49. The highest BCUT2D eigenvalue weighted by Crippen LogP contribution is 2.32. The van der Waals surface area contributed by atoms with Crippen LogP contribution in [0.2, 0.25) is 0 Å². The van der Waals surface area contributed by atoms with Crippen molar-refractivity contribution in [2.75, 3.05) is 18.5 Å². The van der Waals surface area contributed by atoms with E-state index < -0.39 is 30.5 Å². The van der Waals surface area contributed by atoms with Crippen LogP contribution in [0.15, 0.2) is 54.7 Å². The molecule has 0 aliphatic heterocycles.